The molecule has 0 aliphatic carbocycles. The molecule has 3 aromatic carbocycles. The van der Waals surface area contributed by atoms with Crippen LogP contribution in [0.4, 0.5) is 5.69 Å². The largest absolute Gasteiger partial charge is 0.493 e. The fourth-order valence-corrected chi connectivity index (χ4v) is 3.63. The predicted molar refractivity (Wildman–Crippen MR) is 121 cm³/mol. The molecule has 1 aromatic heterocycles. The van der Waals surface area contributed by atoms with Crippen LogP contribution >= 0.6 is 23.2 Å². The molecule has 156 valence electrons. The molecule has 0 saturated carbocycles. The summed E-state index contributed by atoms with van der Waals surface area (Å²) in [7, 11) is 0. The van der Waals surface area contributed by atoms with Gasteiger partial charge in [0.25, 0.3) is 0 Å². The SMILES string of the molecule is O=C(COc1ccc(Cl)cc1Cl)N=Nc1c(O)n(Cc2ccccc2)c2ccccc12. The standard InChI is InChI=1S/C23H17Cl2N3O3/c24-16-10-11-20(18(25)12-16)31-14-21(29)26-27-22-17-8-4-5-9-19(17)28(23(22)30)13-15-6-2-1-3-7-15/h1-12,30H,13-14H2. The summed E-state index contributed by atoms with van der Waals surface area (Å²) in [5, 5.41) is 20.0. The number of aromatic nitrogens is 1. The number of rotatable bonds is 6. The van der Waals surface area contributed by atoms with Crippen LogP contribution in [-0.2, 0) is 11.3 Å². The number of nitrogens with zero attached hydrogens (tertiary/aromatic N) is 3. The molecule has 8 heteroatoms. The van der Waals surface area contributed by atoms with Crippen LogP contribution in [0.1, 0.15) is 5.56 Å². The molecule has 4 aromatic rings. The van der Waals surface area contributed by atoms with Gasteiger partial charge in [-0.05, 0) is 29.8 Å². The molecule has 0 fully saturated rings. The molecule has 1 heterocycles. The number of aromatic hydroxyl groups is 1. The van der Waals surface area contributed by atoms with E-state index in [0.717, 1.165) is 11.1 Å². The van der Waals surface area contributed by atoms with Gasteiger partial charge in [-0.1, -0.05) is 71.7 Å². The van der Waals surface area contributed by atoms with E-state index >= 15 is 0 Å². The first-order valence-corrected chi connectivity index (χ1v) is 10.1. The number of carbonyl (C=O) groups excluding carboxylic acids is 1. The zero-order valence-electron chi connectivity index (χ0n) is 16.2. The maximum absolute atomic E-state index is 12.2. The van der Waals surface area contributed by atoms with E-state index in [9.17, 15) is 9.90 Å². The van der Waals surface area contributed by atoms with E-state index < -0.39 is 5.91 Å². The van der Waals surface area contributed by atoms with Crippen molar-refractivity contribution in [3.8, 4) is 11.6 Å². The molecule has 0 bridgehead atoms. The van der Waals surface area contributed by atoms with Gasteiger partial charge in [0, 0.05) is 10.4 Å². The van der Waals surface area contributed by atoms with Gasteiger partial charge in [-0.25, -0.2) is 0 Å². The Morgan fingerprint density at radius 3 is 2.52 bits per heavy atom. The molecule has 0 saturated heterocycles. The van der Waals surface area contributed by atoms with Gasteiger partial charge in [-0.15, -0.1) is 10.2 Å². The normalized spacial score (nSPS) is 11.3. The van der Waals surface area contributed by atoms with Gasteiger partial charge in [0.15, 0.2) is 12.3 Å². The number of amides is 1. The van der Waals surface area contributed by atoms with Crippen molar-refractivity contribution in [2.24, 2.45) is 10.2 Å². The quantitative estimate of drug-likeness (QED) is 0.343. The van der Waals surface area contributed by atoms with Gasteiger partial charge >= 0.3 is 5.91 Å². The first-order chi connectivity index (χ1) is 15.0. The van der Waals surface area contributed by atoms with Crippen LogP contribution in [0.3, 0.4) is 0 Å². The molecule has 0 atom stereocenters. The van der Waals surface area contributed by atoms with Crippen molar-refractivity contribution in [2.45, 2.75) is 6.54 Å². The number of fused-ring (bicyclic) bond motifs is 1. The summed E-state index contributed by atoms with van der Waals surface area (Å²) in [6.45, 7) is 0.100. The molecule has 0 aliphatic rings. The summed E-state index contributed by atoms with van der Waals surface area (Å²) in [6, 6.07) is 21.8. The molecule has 4 rings (SSSR count). The number of benzene rings is 3. The van der Waals surface area contributed by atoms with E-state index in [1.807, 2.05) is 54.6 Å². The van der Waals surface area contributed by atoms with Gasteiger partial charge in [0.2, 0.25) is 5.88 Å². The Morgan fingerprint density at radius 2 is 1.74 bits per heavy atom. The average molecular weight is 454 g/mol. The monoisotopic (exact) mass is 453 g/mol. The highest BCUT2D eigenvalue weighted by Gasteiger charge is 2.17. The molecule has 0 spiro atoms. The van der Waals surface area contributed by atoms with Gasteiger partial charge in [0.05, 0.1) is 17.1 Å². The molecule has 1 N–H and O–H groups in total. The fourth-order valence-electron chi connectivity index (χ4n) is 3.16. The molecule has 31 heavy (non-hydrogen) atoms. The van der Waals surface area contributed by atoms with Crippen molar-refractivity contribution in [2.75, 3.05) is 6.61 Å². The zero-order valence-corrected chi connectivity index (χ0v) is 17.7. The Morgan fingerprint density at radius 1 is 1.00 bits per heavy atom. The smallest absolute Gasteiger partial charge is 0.302 e. The van der Waals surface area contributed by atoms with Crippen molar-refractivity contribution >= 4 is 45.7 Å². The van der Waals surface area contributed by atoms with Crippen LogP contribution in [0.15, 0.2) is 83.0 Å². The molecule has 6 nitrogen and oxygen atoms in total. The third kappa shape index (κ3) is 4.71. The van der Waals surface area contributed by atoms with Crippen LogP contribution in [0.5, 0.6) is 11.6 Å². The van der Waals surface area contributed by atoms with Crippen LogP contribution in [-0.4, -0.2) is 22.2 Å². The lowest BCUT2D eigenvalue weighted by Gasteiger charge is -2.07. The highest BCUT2D eigenvalue weighted by molar-refractivity contribution is 6.35. The summed E-state index contributed by atoms with van der Waals surface area (Å²) >= 11 is 11.9. The summed E-state index contributed by atoms with van der Waals surface area (Å²) < 4.78 is 7.11. The summed E-state index contributed by atoms with van der Waals surface area (Å²) in [6.07, 6.45) is 0. The Labute approximate surface area is 188 Å². The highest BCUT2D eigenvalue weighted by Crippen LogP contribution is 2.39. The van der Waals surface area contributed by atoms with E-state index in [1.165, 1.54) is 6.07 Å². The van der Waals surface area contributed by atoms with Crippen LogP contribution in [0.25, 0.3) is 10.9 Å². The first-order valence-electron chi connectivity index (χ1n) is 9.39. The third-order valence-electron chi connectivity index (χ3n) is 4.61. The van der Waals surface area contributed by atoms with E-state index in [0.29, 0.717) is 27.7 Å². The molecule has 0 unspecified atom stereocenters. The Balaban J connectivity index is 1.55. The van der Waals surface area contributed by atoms with E-state index in [-0.39, 0.29) is 18.2 Å². The second-order valence-corrected chi connectivity index (χ2v) is 7.56. The highest BCUT2D eigenvalue weighted by atomic mass is 35.5. The van der Waals surface area contributed by atoms with Crippen molar-refractivity contribution in [3.05, 3.63) is 88.4 Å². The first kappa shape index (κ1) is 20.9. The number of para-hydroxylation sites is 1. The third-order valence-corrected chi connectivity index (χ3v) is 5.14. The molecule has 0 aliphatic heterocycles. The summed E-state index contributed by atoms with van der Waals surface area (Å²) in [4.78, 5) is 12.2. The van der Waals surface area contributed by atoms with Gasteiger partial charge in [0.1, 0.15) is 5.75 Å². The molecular formula is C23H17Cl2N3O3. The Hall–Kier alpha value is -3.35. The summed E-state index contributed by atoms with van der Waals surface area (Å²) in [5.74, 6) is -0.370. The molecule has 1 amide bonds. The van der Waals surface area contributed by atoms with Crippen LogP contribution in [0.2, 0.25) is 10.0 Å². The number of carbonyl (C=O) groups is 1. The molecular weight excluding hydrogens is 437 g/mol. The van der Waals surface area contributed by atoms with Gasteiger partial charge in [-0.3, -0.25) is 4.79 Å². The van der Waals surface area contributed by atoms with Crippen LogP contribution in [0, 0.1) is 0 Å². The second kappa shape index (κ2) is 9.20. The minimum absolute atomic E-state index is 0.0664. The number of hydrogen-bond donors (Lipinski definition) is 1. The van der Waals surface area contributed by atoms with Gasteiger partial charge < -0.3 is 14.4 Å². The lowest BCUT2D eigenvalue weighted by atomic mass is 10.2. The second-order valence-electron chi connectivity index (χ2n) is 6.72. The van der Waals surface area contributed by atoms with Crippen molar-refractivity contribution in [1.29, 1.82) is 0 Å². The van der Waals surface area contributed by atoms with E-state index in [4.69, 9.17) is 27.9 Å². The van der Waals surface area contributed by atoms with Crippen molar-refractivity contribution < 1.29 is 14.6 Å². The maximum atomic E-state index is 12.2. The number of hydrogen-bond acceptors (Lipinski definition) is 4. The summed E-state index contributed by atoms with van der Waals surface area (Å²) in [5.41, 5.74) is 2.03. The number of azo groups is 1. The lowest BCUT2D eigenvalue weighted by molar-refractivity contribution is -0.120. The Bertz CT molecular complexity index is 1270. The van der Waals surface area contributed by atoms with E-state index in [2.05, 4.69) is 10.2 Å². The number of ether oxygens (including phenoxy) is 1. The van der Waals surface area contributed by atoms with Crippen LogP contribution < -0.4 is 4.74 Å². The van der Waals surface area contributed by atoms with Gasteiger partial charge in [-0.2, -0.15) is 0 Å². The fraction of sp³-hybridized carbons (Fsp3) is 0.0870. The minimum atomic E-state index is -0.620. The maximum Gasteiger partial charge on any atom is 0.302 e. The minimum Gasteiger partial charge on any atom is -0.493 e. The zero-order chi connectivity index (χ0) is 21.8. The predicted octanol–water partition coefficient (Wildman–Crippen LogP) is 6.39. The number of halogens is 2. The molecule has 0 radical (unpaired) electrons. The van der Waals surface area contributed by atoms with Crippen molar-refractivity contribution in [3.63, 3.8) is 0 Å². The average Bonchev–Trinajstić information content (AvgIpc) is 3.03. The Kier molecular flexibility index (Phi) is 6.21. The van der Waals surface area contributed by atoms with Crippen molar-refractivity contribution in [1.82, 2.24) is 4.57 Å². The topological polar surface area (TPSA) is 76.2 Å². The lowest BCUT2D eigenvalue weighted by Crippen LogP contribution is -2.08. The van der Waals surface area contributed by atoms with E-state index in [1.54, 1.807) is 16.7 Å².